The molecular formula is C11H15N5O. The predicted molar refractivity (Wildman–Crippen MR) is 64.4 cm³/mol. The molecule has 2 rings (SSSR count). The van der Waals surface area contributed by atoms with Crippen LogP contribution in [-0.2, 0) is 4.79 Å². The van der Waals surface area contributed by atoms with Crippen molar-refractivity contribution in [2.45, 2.75) is 19.8 Å². The first-order valence-electron chi connectivity index (χ1n) is 5.60. The summed E-state index contributed by atoms with van der Waals surface area (Å²) in [4.78, 5) is 20.2. The van der Waals surface area contributed by atoms with Crippen molar-refractivity contribution in [1.82, 2.24) is 9.97 Å². The molecule has 0 aliphatic carbocycles. The summed E-state index contributed by atoms with van der Waals surface area (Å²) in [6.07, 6.45) is 4.72. The molecule has 17 heavy (non-hydrogen) atoms. The lowest BCUT2D eigenvalue weighted by Crippen LogP contribution is -2.28. The number of hydrazone groups is 1. The van der Waals surface area contributed by atoms with Crippen molar-refractivity contribution in [3.05, 3.63) is 18.5 Å². The van der Waals surface area contributed by atoms with Crippen LogP contribution in [0.2, 0.25) is 0 Å². The molecule has 1 atom stereocenters. The number of anilines is 1. The first kappa shape index (κ1) is 11.7. The first-order chi connectivity index (χ1) is 8.24. The molecule has 1 amide bonds. The molecule has 0 saturated heterocycles. The lowest BCUT2D eigenvalue weighted by molar-refractivity contribution is -0.120. The molecule has 6 nitrogen and oxygen atoms in total. The number of carbonyl (C=O) groups is 1. The lowest BCUT2D eigenvalue weighted by atomic mass is 9.99. The smallest absolute Gasteiger partial charge is 0.258 e. The molecular weight excluding hydrogens is 218 g/mol. The molecule has 90 valence electrons. The summed E-state index contributed by atoms with van der Waals surface area (Å²) < 4.78 is 0. The summed E-state index contributed by atoms with van der Waals surface area (Å²) >= 11 is 0. The summed E-state index contributed by atoms with van der Waals surface area (Å²) in [7, 11) is 0. The van der Waals surface area contributed by atoms with E-state index >= 15 is 0 Å². The summed E-state index contributed by atoms with van der Waals surface area (Å²) in [5, 5.41) is 5.48. The molecule has 1 aromatic rings. The summed E-state index contributed by atoms with van der Waals surface area (Å²) in [6, 6.07) is 1.70. The molecule has 0 bridgehead atoms. The van der Waals surface area contributed by atoms with Crippen LogP contribution >= 0.6 is 0 Å². The summed E-state index contributed by atoms with van der Waals surface area (Å²) in [6.45, 7) is 2.43. The maximum atomic E-state index is 12.1. The van der Waals surface area contributed by atoms with E-state index in [1.165, 1.54) is 5.01 Å². The molecule has 2 heterocycles. The Morgan fingerprint density at radius 1 is 1.41 bits per heavy atom. The number of nitrogens with two attached hydrogens (primary N) is 1. The van der Waals surface area contributed by atoms with E-state index in [1.807, 2.05) is 6.92 Å². The molecule has 6 heteroatoms. The van der Waals surface area contributed by atoms with Gasteiger partial charge in [0.15, 0.2) is 0 Å². The van der Waals surface area contributed by atoms with E-state index in [1.54, 1.807) is 18.5 Å². The Bertz CT molecular complexity index is 431. The topological polar surface area (TPSA) is 84.5 Å². The van der Waals surface area contributed by atoms with Crippen molar-refractivity contribution < 1.29 is 4.79 Å². The van der Waals surface area contributed by atoms with Gasteiger partial charge < -0.3 is 5.73 Å². The van der Waals surface area contributed by atoms with E-state index in [4.69, 9.17) is 5.73 Å². The van der Waals surface area contributed by atoms with Gasteiger partial charge >= 0.3 is 0 Å². The van der Waals surface area contributed by atoms with Crippen molar-refractivity contribution in [3.8, 4) is 0 Å². The number of hydrogen-bond acceptors (Lipinski definition) is 5. The maximum Gasteiger partial charge on any atom is 0.258 e. The van der Waals surface area contributed by atoms with E-state index in [0.29, 0.717) is 12.5 Å². The highest BCUT2D eigenvalue weighted by Crippen LogP contribution is 2.23. The van der Waals surface area contributed by atoms with Crippen LogP contribution < -0.4 is 10.7 Å². The number of rotatable bonds is 4. The highest BCUT2D eigenvalue weighted by atomic mass is 16.2. The number of aromatic nitrogens is 2. The van der Waals surface area contributed by atoms with Gasteiger partial charge in [-0.3, -0.25) is 4.79 Å². The SMILES string of the molecule is CC1=NN(c2ncccn2)C(=O)C1CCCN. The van der Waals surface area contributed by atoms with Crippen LogP contribution in [0.4, 0.5) is 5.95 Å². The second-order valence-corrected chi connectivity index (χ2v) is 3.92. The molecule has 1 aliphatic heterocycles. The molecule has 0 radical (unpaired) electrons. The lowest BCUT2D eigenvalue weighted by Gasteiger charge is -2.11. The average molecular weight is 233 g/mol. The molecule has 0 saturated carbocycles. The number of nitrogens with zero attached hydrogens (tertiary/aromatic N) is 4. The molecule has 1 aromatic heterocycles. The second kappa shape index (κ2) is 5.01. The van der Waals surface area contributed by atoms with Crippen LogP contribution in [0.15, 0.2) is 23.6 Å². The average Bonchev–Trinajstić information content (AvgIpc) is 2.64. The van der Waals surface area contributed by atoms with E-state index in [0.717, 1.165) is 18.6 Å². The molecule has 0 spiro atoms. The van der Waals surface area contributed by atoms with Crippen molar-refractivity contribution in [2.75, 3.05) is 11.6 Å². The number of carbonyl (C=O) groups excluding carboxylic acids is 1. The zero-order chi connectivity index (χ0) is 12.3. The third-order valence-corrected chi connectivity index (χ3v) is 2.71. The van der Waals surface area contributed by atoms with Crippen LogP contribution in [0.25, 0.3) is 0 Å². The van der Waals surface area contributed by atoms with Gasteiger partial charge in [-0.1, -0.05) is 0 Å². The maximum absolute atomic E-state index is 12.1. The highest BCUT2D eigenvalue weighted by molar-refractivity contribution is 6.14. The van der Waals surface area contributed by atoms with Gasteiger partial charge in [0.25, 0.3) is 11.9 Å². The Morgan fingerprint density at radius 2 is 2.12 bits per heavy atom. The highest BCUT2D eigenvalue weighted by Gasteiger charge is 2.34. The molecule has 1 unspecified atom stereocenters. The van der Waals surface area contributed by atoms with E-state index < -0.39 is 0 Å². The molecule has 0 fully saturated rings. The molecule has 2 N–H and O–H groups in total. The monoisotopic (exact) mass is 233 g/mol. The summed E-state index contributed by atoms with van der Waals surface area (Å²) in [5.74, 6) is 0.0802. The third-order valence-electron chi connectivity index (χ3n) is 2.71. The van der Waals surface area contributed by atoms with Crippen molar-refractivity contribution in [3.63, 3.8) is 0 Å². The van der Waals surface area contributed by atoms with E-state index in [2.05, 4.69) is 15.1 Å². The second-order valence-electron chi connectivity index (χ2n) is 3.92. The zero-order valence-electron chi connectivity index (χ0n) is 9.71. The molecule has 0 aromatic carbocycles. The standard InChI is InChI=1S/C11H15N5O/c1-8-9(4-2-5-12)10(17)16(15-8)11-13-6-3-7-14-11/h3,6-7,9H,2,4-5,12H2,1H3. The van der Waals surface area contributed by atoms with Gasteiger partial charge in [-0.15, -0.1) is 0 Å². The number of hydrogen-bond donors (Lipinski definition) is 1. The Balaban J connectivity index is 2.16. The Kier molecular flexibility index (Phi) is 3.43. The fraction of sp³-hybridized carbons (Fsp3) is 0.455. The normalized spacial score (nSPS) is 19.6. The van der Waals surface area contributed by atoms with Gasteiger partial charge in [-0.2, -0.15) is 10.1 Å². The van der Waals surface area contributed by atoms with Gasteiger partial charge in [0.05, 0.1) is 5.92 Å². The van der Waals surface area contributed by atoms with Gasteiger partial charge in [0, 0.05) is 18.1 Å². The van der Waals surface area contributed by atoms with Crippen LogP contribution in [0.3, 0.4) is 0 Å². The van der Waals surface area contributed by atoms with Crippen molar-refractivity contribution in [2.24, 2.45) is 16.8 Å². The van der Waals surface area contributed by atoms with Gasteiger partial charge in [0.1, 0.15) is 0 Å². The quantitative estimate of drug-likeness (QED) is 0.823. The largest absolute Gasteiger partial charge is 0.330 e. The van der Waals surface area contributed by atoms with E-state index in [9.17, 15) is 4.79 Å². The Labute approximate surface area is 99.5 Å². The minimum atomic E-state index is -0.178. The van der Waals surface area contributed by atoms with Crippen molar-refractivity contribution >= 4 is 17.6 Å². The third kappa shape index (κ3) is 2.31. The minimum Gasteiger partial charge on any atom is -0.330 e. The Hall–Kier alpha value is -1.82. The zero-order valence-corrected chi connectivity index (χ0v) is 9.71. The minimum absolute atomic E-state index is 0.0675. The van der Waals surface area contributed by atoms with Gasteiger partial charge in [-0.25, -0.2) is 9.97 Å². The van der Waals surface area contributed by atoms with Gasteiger partial charge in [-0.05, 0) is 32.4 Å². The van der Waals surface area contributed by atoms with Crippen molar-refractivity contribution in [1.29, 1.82) is 0 Å². The van der Waals surface area contributed by atoms with E-state index in [-0.39, 0.29) is 11.8 Å². The number of amides is 1. The Morgan fingerprint density at radius 3 is 2.76 bits per heavy atom. The fourth-order valence-corrected chi connectivity index (χ4v) is 1.80. The van der Waals surface area contributed by atoms with Crippen LogP contribution in [0.5, 0.6) is 0 Å². The summed E-state index contributed by atoms with van der Waals surface area (Å²) in [5.41, 5.74) is 6.26. The van der Waals surface area contributed by atoms with Crippen LogP contribution in [0, 0.1) is 5.92 Å². The predicted octanol–water partition coefficient (Wildman–Crippen LogP) is 0.554. The van der Waals surface area contributed by atoms with Crippen LogP contribution in [-0.4, -0.2) is 28.1 Å². The van der Waals surface area contributed by atoms with Gasteiger partial charge in [0.2, 0.25) is 0 Å². The first-order valence-corrected chi connectivity index (χ1v) is 5.60. The van der Waals surface area contributed by atoms with Crippen LogP contribution in [0.1, 0.15) is 19.8 Å². The fourth-order valence-electron chi connectivity index (χ4n) is 1.80. The molecule has 1 aliphatic rings.